The number of carbonyl (C=O) groups is 2. The molecule has 0 spiro atoms. The Morgan fingerprint density at radius 2 is 1.90 bits per heavy atom. The van der Waals surface area contributed by atoms with E-state index in [2.05, 4.69) is 10.3 Å². The highest BCUT2D eigenvalue weighted by atomic mass is 32.2. The molecule has 2 aromatic rings. The van der Waals surface area contributed by atoms with Crippen molar-refractivity contribution in [3.05, 3.63) is 23.8 Å². The van der Waals surface area contributed by atoms with Crippen LogP contribution >= 0.6 is 0 Å². The second kappa shape index (κ2) is 8.32. The minimum absolute atomic E-state index is 0.124. The summed E-state index contributed by atoms with van der Waals surface area (Å²) in [6.45, 7) is 8.12. The smallest absolute Gasteiger partial charge is 0.340 e. The molecule has 1 fully saturated rings. The summed E-state index contributed by atoms with van der Waals surface area (Å²) in [7, 11) is -4.06. The monoisotopic (exact) mass is 438 g/mol. The van der Waals surface area contributed by atoms with Crippen molar-refractivity contribution < 1.29 is 27.5 Å². The quantitative estimate of drug-likeness (QED) is 0.705. The number of fused-ring (bicyclic) bond motifs is 1. The van der Waals surface area contributed by atoms with E-state index in [1.165, 1.54) is 23.4 Å². The van der Waals surface area contributed by atoms with Gasteiger partial charge in [0.15, 0.2) is 0 Å². The summed E-state index contributed by atoms with van der Waals surface area (Å²) in [6.07, 6.45) is 0. The molecule has 0 saturated carbocycles. The number of imidazole rings is 1. The van der Waals surface area contributed by atoms with E-state index in [-0.39, 0.29) is 60.9 Å². The summed E-state index contributed by atoms with van der Waals surface area (Å²) >= 11 is 0. The summed E-state index contributed by atoms with van der Waals surface area (Å²) in [5.74, 6) is -1.28. The van der Waals surface area contributed by atoms with Crippen LogP contribution in [0.25, 0.3) is 11.0 Å². The maximum atomic E-state index is 13.3. The lowest BCUT2D eigenvalue weighted by molar-refractivity contribution is -0.114. The maximum absolute atomic E-state index is 13.3. The Labute approximate surface area is 175 Å². The first kappa shape index (κ1) is 22.2. The minimum atomic E-state index is -4.06. The third-order valence-electron chi connectivity index (χ3n) is 4.31. The van der Waals surface area contributed by atoms with Gasteiger partial charge in [-0.2, -0.15) is 16.7 Å². The Balaban J connectivity index is 2.12. The van der Waals surface area contributed by atoms with Crippen molar-refractivity contribution in [1.82, 2.24) is 13.3 Å². The molecule has 30 heavy (non-hydrogen) atoms. The first-order valence-electron chi connectivity index (χ1n) is 9.55. The van der Waals surface area contributed by atoms with Crippen LogP contribution in [0.1, 0.15) is 38.1 Å². The zero-order valence-corrected chi connectivity index (χ0v) is 18.3. The van der Waals surface area contributed by atoms with Gasteiger partial charge in [0.05, 0.1) is 30.9 Å². The number of ether oxygens (including phenoxy) is 2. The summed E-state index contributed by atoms with van der Waals surface area (Å²) < 4.78 is 39.5. The molecule has 1 saturated heterocycles. The third kappa shape index (κ3) is 4.63. The summed E-state index contributed by atoms with van der Waals surface area (Å²) in [6, 6.07) is 4.61. The Morgan fingerprint density at radius 3 is 2.50 bits per heavy atom. The number of amides is 1. The molecule has 1 aromatic heterocycles. The molecule has 1 amide bonds. The Morgan fingerprint density at radius 1 is 1.23 bits per heavy atom. The number of rotatable bonds is 5. The first-order valence-corrected chi connectivity index (χ1v) is 10.9. The van der Waals surface area contributed by atoms with Crippen LogP contribution in [0.4, 0.5) is 5.95 Å². The highest BCUT2D eigenvalue weighted by molar-refractivity contribution is 7.87. The van der Waals surface area contributed by atoms with Crippen molar-refractivity contribution in [2.24, 2.45) is 5.41 Å². The van der Waals surface area contributed by atoms with E-state index >= 15 is 0 Å². The van der Waals surface area contributed by atoms with Crippen LogP contribution in [-0.4, -0.2) is 66.5 Å². The average molecular weight is 439 g/mol. The number of hydrogen-bond acceptors (Lipinski definition) is 7. The molecule has 1 aliphatic heterocycles. The topological polar surface area (TPSA) is 120 Å². The van der Waals surface area contributed by atoms with Crippen LogP contribution in [0, 0.1) is 5.41 Å². The van der Waals surface area contributed by atoms with E-state index in [1.54, 1.807) is 6.07 Å². The SMILES string of the molecule is CC(=O)Nc1nc2c(C(=O)OCC(C)(C)C)cccc2n1S(=O)(=O)N1CCOCC1. The number of esters is 1. The largest absolute Gasteiger partial charge is 0.461 e. The van der Waals surface area contributed by atoms with E-state index in [0.29, 0.717) is 0 Å². The molecule has 10 nitrogen and oxygen atoms in total. The van der Waals surface area contributed by atoms with Crippen LogP contribution in [0.2, 0.25) is 0 Å². The van der Waals surface area contributed by atoms with E-state index in [1.807, 2.05) is 20.8 Å². The molecule has 164 valence electrons. The van der Waals surface area contributed by atoms with Gasteiger partial charge in [-0.25, -0.2) is 9.78 Å². The van der Waals surface area contributed by atoms with Gasteiger partial charge in [0.1, 0.15) is 5.52 Å². The number of anilines is 1. The highest BCUT2D eigenvalue weighted by Crippen LogP contribution is 2.28. The predicted octanol–water partition coefficient (Wildman–Crippen LogP) is 1.62. The number of aromatic nitrogens is 2. The normalized spacial score (nSPS) is 15.9. The summed E-state index contributed by atoms with van der Waals surface area (Å²) in [5, 5.41) is 2.45. The van der Waals surface area contributed by atoms with E-state index in [9.17, 15) is 18.0 Å². The fraction of sp³-hybridized carbons (Fsp3) is 0.526. The van der Waals surface area contributed by atoms with Crippen molar-refractivity contribution in [2.75, 3.05) is 38.2 Å². The lowest BCUT2D eigenvalue weighted by Gasteiger charge is -2.27. The first-order chi connectivity index (χ1) is 14.0. The van der Waals surface area contributed by atoms with Gasteiger partial charge >= 0.3 is 16.2 Å². The summed E-state index contributed by atoms with van der Waals surface area (Å²) in [4.78, 5) is 28.6. The van der Waals surface area contributed by atoms with E-state index in [0.717, 1.165) is 3.97 Å². The van der Waals surface area contributed by atoms with Crippen molar-refractivity contribution in [3.63, 3.8) is 0 Å². The number of hydrogen-bond donors (Lipinski definition) is 1. The standard InChI is InChI=1S/C19H26N4O6S/c1-13(24)20-18-21-16-14(17(25)29-12-19(2,3)4)6-5-7-15(16)23(18)30(26,27)22-8-10-28-11-9-22/h5-7H,8-12H2,1-4H3,(H,20,21,24). The molecule has 0 bridgehead atoms. The Kier molecular flexibility index (Phi) is 6.16. The zero-order valence-electron chi connectivity index (χ0n) is 17.5. The van der Waals surface area contributed by atoms with Crippen molar-refractivity contribution in [3.8, 4) is 0 Å². The number of nitrogens with one attached hydrogen (secondary N) is 1. The number of benzene rings is 1. The van der Waals surface area contributed by atoms with Gasteiger partial charge < -0.3 is 9.47 Å². The van der Waals surface area contributed by atoms with Gasteiger partial charge in [0.2, 0.25) is 11.9 Å². The van der Waals surface area contributed by atoms with Crippen molar-refractivity contribution >= 4 is 39.1 Å². The summed E-state index contributed by atoms with van der Waals surface area (Å²) in [5.41, 5.74) is 0.205. The van der Waals surface area contributed by atoms with Crippen LogP contribution in [-0.2, 0) is 24.5 Å². The highest BCUT2D eigenvalue weighted by Gasteiger charge is 2.32. The fourth-order valence-corrected chi connectivity index (χ4v) is 4.51. The molecule has 11 heteroatoms. The van der Waals surface area contributed by atoms with Crippen molar-refractivity contribution in [2.45, 2.75) is 27.7 Å². The molecule has 0 radical (unpaired) electrons. The van der Waals surface area contributed by atoms with Crippen LogP contribution in [0.15, 0.2) is 18.2 Å². The van der Waals surface area contributed by atoms with Crippen molar-refractivity contribution in [1.29, 1.82) is 0 Å². The minimum Gasteiger partial charge on any atom is -0.461 e. The van der Waals surface area contributed by atoms with E-state index in [4.69, 9.17) is 9.47 Å². The second-order valence-electron chi connectivity index (χ2n) is 8.21. The van der Waals surface area contributed by atoms with Gasteiger partial charge in [-0.1, -0.05) is 26.8 Å². The number of carbonyl (C=O) groups excluding carboxylic acids is 2. The molecule has 2 heterocycles. The molecular formula is C19H26N4O6S. The number of morpholine rings is 1. The van der Waals surface area contributed by atoms with Gasteiger partial charge in [-0.05, 0) is 17.5 Å². The molecule has 1 N–H and O–H groups in total. The van der Waals surface area contributed by atoms with E-state index < -0.39 is 22.1 Å². The van der Waals surface area contributed by atoms with Crippen LogP contribution in [0.3, 0.4) is 0 Å². The molecule has 1 aliphatic rings. The Hall–Kier alpha value is -2.50. The maximum Gasteiger partial charge on any atom is 0.340 e. The molecule has 3 rings (SSSR count). The lowest BCUT2D eigenvalue weighted by Crippen LogP contribution is -2.43. The number of para-hydroxylation sites is 1. The fourth-order valence-electron chi connectivity index (χ4n) is 2.97. The average Bonchev–Trinajstić information content (AvgIpc) is 3.04. The Bertz CT molecular complexity index is 1060. The zero-order chi connectivity index (χ0) is 22.1. The van der Waals surface area contributed by atoms with Gasteiger partial charge in [0, 0.05) is 20.0 Å². The van der Waals surface area contributed by atoms with Gasteiger partial charge in [-0.3, -0.25) is 10.1 Å². The molecule has 1 aromatic carbocycles. The lowest BCUT2D eigenvalue weighted by atomic mass is 9.99. The van der Waals surface area contributed by atoms with Gasteiger partial charge in [0.25, 0.3) is 0 Å². The molecular weight excluding hydrogens is 412 g/mol. The van der Waals surface area contributed by atoms with Crippen LogP contribution in [0.5, 0.6) is 0 Å². The molecule has 0 aliphatic carbocycles. The van der Waals surface area contributed by atoms with Gasteiger partial charge in [-0.15, -0.1) is 0 Å². The third-order valence-corrected chi connectivity index (χ3v) is 6.16. The van der Waals surface area contributed by atoms with Crippen LogP contribution < -0.4 is 5.32 Å². The predicted molar refractivity (Wildman–Crippen MR) is 110 cm³/mol. The number of nitrogens with zero attached hydrogens (tertiary/aromatic N) is 3. The second-order valence-corrected chi connectivity index (χ2v) is 9.99. The molecule has 0 unspecified atom stereocenters. The molecule has 0 atom stereocenters.